The van der Waals surface area contributed by atoms with E-state index in [1.165, 1.54) is 4.88 Å². The van der Waals surface area contributed by atoms with Crippen LogP contribution >= 0.6 is 11.3 Å². The first-order valence-corrected chi connectivity index (χ1v) is 13.7. The fraction of sp³-hybridized carbons (Fsp3) is 0.310. The highest BCUT2D eigenvalue weighted by molar-refractivity contribution is 7.15. The van der Waals surface area contributed by atoms with Crippen molar-refractivity contribution in [2.45, 2.75) is 31.7 Å². The number of fused-ring (bicyclic) bond motifs is 1. The second-order valence-electron chi connectivity index (χ2n) is 9.69. The molecule has 0 bridgehead atoms. The van der Waals surface area contributed by atoms with Crippen LogP contribution in [0.5, 0.6) is 0 Å². The Balaban J connectivity index is 1.10. The van der Waals surface area contributed by atoms with Crippen molar-refractivity contribution < 1.29 is 9.53 Å². The quantitative estimate of drug-likeness (QED) is 0.386. The zero-order valence-electron chi connectivity index (χ0n) is 20.9. The maximum Gasteiger partial charge on any atom is 0.257 e. The van der Waals surface area contributed by atoms with Crippen LogP contribution in [0.25, 0.3) is 11.3 Å². The van der Waals surface area contributed by atoms with E-state index in [4.69, 9.17) is 20.0 Å². The number of ether oxygens (including phenoxy) is 1. The molecule has 2 aromatic carbocycles. The third kappa shape index (κ3) is 5.38. The number of rotatable bonds is 6. The highest BCUT2D eigenvalue weighted by atomic mass is 32.1. The molecule has 2 N–H and O–H groups in total. The minimum atomic E-state index is -0.152. The van der Waals surface area contributed by atoms with Gasteiger partial charge in [0.2, 0.25) is 0 Å². The van der Waals surface area contributed by atoms with Crippen LogP contribution < -0.4 is 5.32 Å². The van der Waals surface area contributed by atoms with Gasteiger partial charge in [0.1, 0.15) is 5.82 Å². The standard InChI is InChI=1S/C29H28N6O2S/c30-17-19-4-6-21(7-5-19)25-18-31-27(32-25)15-20-2-1-3-22(14-20)28(36)34-29-33-24-9-8-23(16-26(24)38-29)35-10-12-37-13-11-35/h1-7,14,18,23H,8-13,15-16H2,(H,31,32)(H,33,34,36). The lowest BCUT2D eigenvalue weighted by Gasteiger charge is -2.36. The fourth-order valence-corrected chi connectivity index (χ4v) is 6.24. The van der Waals surface area contributed by atoms with Crippen LogP contribution in [-0.4, -0.2) is 58.1 Å². The molecule has 8 nitrogen and oxygen atoms in total. The molecule has 1 fully saturated rings. The number of carbonyl (C=O) groups excluding carboxylic acids is 1. The number of carbonyl (C=O) groups is 1. The molecular weight excluding hydrogens is 496 g/mol. The van der Waals surface area contributed by atoms with Crippen LogP contribution in [0.4, 0.5) is 5.13 Å². The van der Waals surface area contributed by atoms with Gasteiger partial charge in [-0.2, -0.15) is 5.26 Å². The molecule has 3 heterocycles. The summed E-state index contributed by atoms with van der Waals surface area (Å²) in [5.74, 6) is 0.657. The lowest BCUT2D eigenvalue weighted by atomic mass is 9.96. The van der Waals surface area contributed by atoms with Gasteiger partial charge in [-0.05, 0) is 49.1 Å². The Morgan fingerprint density at radius 1 is 1.18 bits per heavy atom. The van der Waals surface area contributed by atoms with E-state index in [1.54, 1.807) is 23.5 Å². The Morgan fingerprint density at radius 3 is 2.84 bits per heavy atom. The van der Waals surface area contributed by atoms with E-state index >= 15 is 0 Å². The summed E-state index contributed by atoms with van der Waals surface area (Å²) in [6.07, 6.45) is 5.48. The number of hydrogen-bond donors (Lipinski definition) is 2. The average Bonchev–Trinajstić information content (AvgIpc) is 3.60. The van der Waals surface area contributed by atoms with E-state index in [-0.39, 0.29) is 5.91 Å². The van der Waals surface area contributed by atoms with Crippen LogP contribution in [0.2, 0.25) is 0 Å². The summed E-state index contributed by atoms with van der Waals surface area (Å²) in [7, 11) is 0. The summed E-state index contributed by atoms with van der Waals surface area (Å²) >= 11 is 1.60. The van der Waals surface area contributed by atoms with Crippen LogP contribution in [0.3, 0.4) is 0 Å². The Hall–Kier alpha value is -3.84. The summed E-state index contributed by atoms with van der Waals surface area (Å²) in [4.78, 5) is 29.5. The SMILES string of the molecule is N#Cc1ccc(-c2c[nH]c(Cc3cccc(C(=O)Nc4nc5c(s4)CC(N4CCOCC4)CC5)c3)n2)cc1. The molecule has 2 aromatic heterocycles. The molecule has 9 heteroatoms. The van der Waals surface area contributed by atoms with Crippen molar-refractivity contribution in [3.63, 3.8) is 0 Å². The predicted octanol–water partition coefficient (Wildman–Crippen LogP) is 4.44. The molecule has 1 unspecified atom stereocenters. The van der Waals surface area contributed by atoms with Crippen molar-refractivity contribution in [3.8, 4) is 17.3 Å². The summed E-state index contributed by atoms with van der Waals surface area (Å²) < 4.78 is 5.50. The number of benzene rings is 2. The lowest BCUT2D eigenvalue weighted by Crippen LogP contribution is -2.45. The minimum Gasteiger partial charge on any atom is -0.379 e. The van der Waals surface area contributed by atoms with Gasteiger partial charge in [0.15, 0.2) is 5.13 Å². The molecule has 1 aliphatic heterocycles. The van der Waals surface area contributed by atoms with Crippen molar-refractivity contribution in [1.82, 2.24) is 19.9 Å². The number of thiazole rings is 1. The maximum atomic E-state index is 13.1. The fourth-order valence-electron chi connectivity index (χ4n) is 5.17. The topological polar surface area (TPSA) is 107 Å². The zero-order chi connectivity index (χ0) is 25.9. The number of amides is 1. The number of anilines is 1. The molecule has 1 aliphatic carbocycles. The van der Waals surface area contributed by atoms with Crippen LogP contribution in [0.1, 0.15) is 44.3 Å². The van der Waals surface area contributed by atoms with Crippen molar-refractivity contribution in [1.29, 1.82) is 5.26 Å². The maximum absolute atomic E-state index is 13.1. The highest BCUT2D eigenvalue weighted by Gasteiger charge is 2.28. The molecule has 2 aliphatic rings. The molecule has 6 rings (SSSR count). The third-order valence-electron chi connectivity index (χ3n) is 7.20. The minimum absolute atomic E-state index is 0.152. The van der Waals surface area contributed by atoms with Crippen molar-refractivity contribution in [2.75, 3.05) is 31.6 Å². The van der Waals surface area contributed by atoms with Crippen LogP contribution in [0.15, 0.2) is 54.7 Å². The first kappa shape index (κ1) is 24.5. The number of imidazole rings is 1. The van der Waals surface area contributed by atoms with E-state index in [0.29, 0.717) is 28.7 Å². The van der Waals surface area contributed by atoms with Crippen molar-refractivity contribution >= 4 is 22.4 Å². The molecule has 1 saturated heterocycles. The third-order valence-corrected chi connectivity index (χ3v) is 8.23. The van der Waals surface area contributed by atoms with Gasteiger partial charge in [-0.1, -0.05) is 24.3 Å². The molecule has 192 valence electrons. The number of nitrogens with one attached hydrogen (secondary N) is 2. The summed E-state index contributed by atoms with van der Waals surface area (Å²) in [6.45, 7) is 3.61. The van der Waals surface area contributed by atoms with Gasteiger partial charge >= 0.3 is 0 Å². The highest BCUT2D eigenvalue weighted by Crippen LogP contribution is 2.32. The van der Waals surface area contributed by atoms with Gasteiger partial charge in [0, 0.05) is 47.8 Å². The lowest BCUT2D eigenvalue weighted by molar-refractivity contribution is 0.0139. The number of hydrogen-bond acceptors (Lipinski definition) is 7. The second kappa shape index (κ2) is 10.9. The molecular formula is C29H28N6O2S. The smallest absolute Gasteiger partial charge is 0.257 e. The molecule has 1 amide bonds. The first-order chi connectivity index (χ1) is 18.6. The van der Waals surface area contributed by atoms with Crippen LogP contribution in [-0.2, 0) is 24.0 Å². The Bertz CT molecular complexity index is 1480. The van der Waals surface area contributed by atoms with Crippen molar-refractivity contribution in [3.05, 3.63) is 87.8 Å². The molecule has 38 heavy (non-hydrogen) atoms. The number of aromatic amines is 1. The molecule has 4 aromatic rings. The summed E-state index contributed by atoms with van der Waals surface area (Å²) in [6, 6.07) is 17.6. The largest absolute Gasteiger partial charge is 0.379 e. The van der Waals surface area contributed by atoms with Gasteiger partial charge < -0.3 is 9.72 Å². The van der Waals surface area contributed by atoms with Gasteiger partial charge in [-0.15, -0.1) is 11.3 Å². The first-order valence-electron chi connectivity index (χ1n) is 12.9. The number of H-pyrrole nitrogens is 1. The van der Waals surface area contributed by atoms with Gasteiger partial charge in [-0.25, -0.2) is 9.97 Å². The summed E-state index contributed by atoms with van der Waals surface area (Å²) in [5.41, 5.74) is 5.10. The van der Waals surface area contributed by atoms with E-state index in [9.17, 15) is 4.79 Å². The number of nitrogens with zero attached hydrogens (tertiary/aromatic N) is 4. The van der Waals surface area contributed by atoms with E-state index < -0.39 is 0 Å². The van der Waals surface area contributed by atoms with E-state index in [0.717, 1.165) is 73.9 Å². The zero-order valence-corrected chi connectivity index (χ0v) is 21.8. The van der Waals surface area contributed by atoms with E-state index in [2.05, 4.69) is 21.3 Å². The van der Waals surface area contributed by atoms with Crippen LogP contribution in [0, 0.1) is 11.3 Å². The predicted molar refractivity (Wildman–Crippen MR) is 146 cm³/mol. The van der Waals surface area contributed by atoms with Gasteiger partial charge in [-0.3, -0.25) is 15.0 Å². The Kier molecular flexibility index (Phi) is 7.01. The van der Waals surface area contributed by atoms with E-state index in [1.807, 2.05) is 42.6 Å². The number of aryl methyl sites for hydroxylation is 1. The van der Waals surface area contributed by atoms with Crippen molar-refractivity contribution in [2.24, 2.45) is 0 Å². The number of aromatic nitrogens is 3. The molecule has 1 atom stereocenters. The average molecular weight is 525 g/mol. The van der Waals surface area contributed by atoms with Gasteiger partial charge in [0.05, 0.1) is 36.2 Å². The molecule has 0 radical (unpaired) electrons. The van der Waals surface area contributed by atoms with Gasteiger partial charge in [0.25, 0.3) is 5.91 Å². The Morgan fingerprint density at radius 2 is 2.03 bits per heavy atom. The monoisotopic (exact) mass is 524 g/mol. The summed E-state index contributed by atoms with van der Waals surface area (Å²) in [5, 5.41) is 12.7. The number of morpholine rings is 1. The number of nitriles is 1. The second-order valence-corrected chi connectivity index (χ2v) is 10.8. The molecule has 0 spiro atoms. The molecule has 0 saturated carbocycles. The normalized spacial score (nSPS) is 17.5. The Labute approximate surface area is 225 Å².